The lowest BCUT2D eigenvalue weighted by Crippen LogP contribution is -2.17. The summed E-state index contributed by atoms with van der Waals surface area (Å²) in [5.41, 5.74) is 2.81. The predicted molar refractivity (Wildman–Crippen MR) is 103 cm³/mol. The quantitative estimate of drug-likeness (QED) is 0.412. The first-order valence-corrected chi connectivity index (χ1v) is 9.01. The molecule has 2 aromatic heterocycles. The number of anilines is 2. The number of halogens is 4. The number of rotatable bonds is 5. The van der Waals surface area contributed by atoms with Crippen LogP contribution < -0.4 is 10.1 Å². The van der Waals surface area contributed by atoms with Gasteiger partial charge in [-0.3, -0.25) is 0 Å². The van der Waals surface area contributed by atoms with Crippen molar-refractivity contribution in [2.45, 2.75) is 26.3 Å². The number of hydrogen-bond donors (Lipinski definition) is 2. The maximum Gasteiger partial charge on any atom is 0.573 e. The van der Waals surface area contributed by atoms with Gasteiger partial charge in [-0.2, -0.15) is 0 Å². The maximum atomic E-state index is 12.5. The van der Waals surface area contributed by atoms with Gasteiger partial charge in [-0.05, 0) is 36.8 Å². The Hall–Kier alpha value is -2.87. The minimum absolute atomic E-state index is 0.299. The topological polar surface area (TPSA) is 54.9 Å². The number of fused-ring (bicyclic) bond motifs is 2. The molecule has 0 fully saturated rings. The minimum Gasteiger partial charge on any atom is -0.406 e. The number of aromatic amines is 1. The van der Waals surface area contributed by atoms with Gasteiger partial charge in [0.05, 0.1) is 16.7 Å². The summed E-state index contributed by atoms with van der Waals surface area (Å²) in [5.74, 6) is 0.230. The van der Waals surface area contributed by atoms with E-state index in [-0.39, 0.29) is 5.75 Å². The van der Waals surface area contributed by atoms with Crippen molar-refractivity contribution in [3.8, 4) is 5.75 Å². The third-order valence-corrected chi connectivity index (χ3v) is 4.53. The van der Waals surface area contributed by atoms with Crippen LogP contribution in [0.3, 0.4) is 0 Å². The molecule has 4 rings (SSSR count). The normalized spacial score (nSPS) is 12.0. The molecule has 0 aliphatic carbocycles. The first kappa shape index (κ1) is 18.5. The zero-order valence-electron chi connectivity index (χ0n) is 14.8. The molecule has 5 nitrogen and oxygen atoms in total. The first-order chi connectivity index (χ1) is 13.3. The Morgan fingerprint density at radius 3 is 2.79 bits per heavy atom. The van der Waals surface area contributed by atoms with Crippen LogP contribution in [0.1, 0.15) is 13.3 Å². The Labute approximate surface area is 163 Å². The van der Waals surface area contributed by atoms with Gasteiger partial charge in [-0.25, -0.2) is 4.98 Å². The lowest BCUT2D eigenvalue weighted by molar-refractivity contribution is -0.274. The van der Waals surface area contributed by atoms with Gasteiger partial charge in [0.1, 0.15) is 5.75 Å². The third kappa shape index (κ3) is 3.60. The van der Waals surface area contributed by atoms with Gasteiger partial charge in [-0.15, -0.1) is 13.2 Å². The second kappa shape index (κ2) is 6.94. The molecule has 9 heteroatoms. The summed E-state index contributed by atoms with van der Waals surface area (Å²) < 4.78 is 43.4. The molecule has 0 unspecified atom stereocenters. The molecule has 0 bridgehead atoms. The summed E-state index contributed by atoms with van der Waals surface area (Å²) in [6.07, 6.45) is -2.11. The summed E-state index contributed by atoms with van der Waals surface area (Å²) in [7, 11) is 0. The van der Waals surface area contributed by atoms with Gasteiger partial charge in [0.25, 0.3) is 0 Å². The molecule has 0 atom stereocenters. The summed E-state index contributed by atoms with van der Waals surface area (Å²) in [5, 5.41) is 4.76. The second-order valence-corrected chi connectivity index (χ2v) is 6.74. The molecule has 146 valence electrons. The largest absolute Gasteiger partial charge is 0.573 e. The average molecular weight is 409 g/mol. The number of alkyl halides is 3. The highest BCUT2D eigenvalue weighted by Gasteiger charge is 2.31. The Balaban J connectivity index is 1.76. The monoisotopic (exact) mass is 408 g/mol. The fourth-order valence-corrected chi connectivity index (χ4v) is 3.34. The minimum atomic E-state index is -4.75. The van der Waals surface area contributed by atoms with Crippen LogP contribution in [0.2, 0.25) is 5.02 Å². The van der Waals surface area contributed by atoms with Crippen molar-refractivity contribution in [2.75, 3.05) is 5.32 Å². The van der Waals surface area contributed by atoms with Crippen LogP contribution in [0.25, 0.3) is 21.9 Å². The van der Waals surface area contributed by atoms with E-state index >= 15 is 0 Å². The zero-order chi connectivity index (χ0) is 19.9. The molecule has 0 aliphatic rings. The molecular weight excluding hydrogens is 393 g/mol. The van der Waals surface area contributed by atoms with Gasteiger partial charge in [-0.1, -0.05) is 18.5 Å². The molecule has 4 aromatic rings. The van der Waals surface area contributed by atoms with Crippen LogP contribution in [-0.2, 0) is 6.54 Å². The number of H-pyrrole nitrogens is 1. The Bertz CT molecular complexity index is 1150. The van der Waals surface area contributed by atoms with Crippen molar-refractivity contribution in [2.24, 2.45) is 0 Å². The van der Waals surface area contributed by atoms with E-state index in [0.29, 0.717) is 23.0 Å². The van der Waals surface area contributed by atoms with Crippen LogP contribution in [0.4, 0.5) is 24.8 Å². The van der Waals surface area contributed by atoms with E-state index in [9.17, 15) is 13.2 Å². The lowest BCUT2D eigenvalue weighted by Gasteiger charge is -2.10. The fraction of sp³-hybridized carbons (Fsp3) is 0.211. The van der Waals surface area contributed by atoms with Crippen molar-refractivity contribution in [3.05, 3.63) is 47.6 Å². The van der Waals surface area contributed by atoms with Crippen LogP contribution in [0.5, 0.6) is 5.75 Å². The predicted octanol–water partition coefficient (Wildman–Crippen LogP) is 6.22. The number of nitrogens with one attached hydrogen (secondary N) is 2. The SMILES string of the molecule is CCCn1c(Nc2c[nH]c3ccc(Cl)cc23)nc2cc(OC(F)(F)F)ccc21. The highest BCUT2D eigenvalue weighted by molar-refractivity contribution is 6.31. The third-order valence-electron chi connectivity index (χ3n) is 4.29. The van der Waals surface area contributed by atoms with Crippen LogP contribution >= 0.6 is 11.6 Å². The van der Waals surface area contributed by atoms with E-state index in [1.54, 1.807) is 18.3 Å². The highest BCUT2D eigenvalue weighted by Crippen LogP contribution is 2.32. The number of aryl methyl sites for hydroxylation is 1. The molecule has 28 heavy (non-hydrogen) atoms. The van der Waals surface area contributed by atoms with Crippen molar-refractivity contribution in [1.29, 1.82) is 0 Å². The number of ether oxygens (including phenoxy) is 1. The molecule has 0 amide bonds. The number of aromatic nitrogens is 3. The smallest absolute Gasteiger partial charge is 0.406 e. The zero-order valence-corrected chi connectivity index (χ0v) is 15.5. The molecular formula is C19H16ClF3N4O. The number of nitrogens with zero attached hydrogens (tertiary/aromatic N) is 2. The lowest BCUT2D eigenvalue weighted by atomic mass is 10.2. The molecule has 2 heterocycles. The molecule has 0 saturated heterocycles. The van der Waals surface area contributed by atoms with Crippen molar-refractivity contribution in [1.82, 2.24) is 14.5 Å². The molecule has 2 N–H and O–H groups in total. The van der Waals surface area contributed by atoms with E-state index in [1.165, 1.54) is 12.1 Å². The summed E-state index contributed by atoms with van der Waals surface area (Å²) in [6.45, 7) is 2.67. The molecule has 0 aliphatic heterocycles. The van der Waals surface area contributed by atoms with Crippen LogP contribution in [0, 0.1) is 0 Å². The Morgan fingerprint density at radius 2 is 2.04 bits per heavy atom. The molecule has 2 aromatic carbocycles. The first-order valence-electron chi connectivity index (χ1n) is 8.64. The molecule has 0 radical (unpaired) electrons. The average Bonchev–Trinajstić information content (AvgIpc) is 3.15. The fourth-order valence-electron chi connectivity index (χ4n) is 3.17. The van der Waals surface area contributed by atoms with E-state index in [1.807, 2.05) is 23.6 Å². The van der Waals surface area contributed by atoms with Gasteiger partial charge in [0.15, 0.2) is 0 Å². The van der Waals surface area contributed by atoms with Crippen LogP contribution in [0.15, 0.2) is 42.6 Å². The van der Waals surface area contributed by atoms with E-state index in [2.05, 4.69) is 20.0 Å². The second-order valence-electron chi connectivity index (χ2n) is 6.30. The number of imidazole rings is 1. The van der Waals surface area contributed by atoms with Crippen molar-refractivity contribution in [3.63, 3.8) is 0 Å². The number of benzene rings is 2. The molecule has 0 spiro atoms. The summed E-state index contributed by atoms with van der Waals surface area (Å²) in [4.78, 5) is 7.64. The van der Waals surface area contributed by atoms with Gasteiger partial charge >= 0.3 is 6.36 Å². The van der Waals surface area contributed by atoms with Gasteiger partial charge in [0, 0.05) is 34.7 Å². The number of hydrogen-bond acceptors (Lipinski definition) is 3. The van der Waals surface area contributed by atoms with Crippen molar-refractivity contribution >= 4 is 45.2 Å². The van der Waals surface area contributed by atoms with Gasteiger partial charge < -0.3 is 19.6 Å². The maximum absolute atomic E-state index is 12.5. The molecule has 0 saturated carbocycles. The Kier molecular flexibility index (Phi) is 4.58. The summed E-state index contributed by atoms with van der Waals surface area (Å²) in [6, 6.07) is 9.65. The Morgan fingerprint density at radius 1 is 1.21 bits per heavy atom. The van der Waals surface area contributed by atoms with E-state index in [4.69, 9.17) is 11.6 Å². The van der Waals surface area contributed by atoms with Gasteiger partial charge in [0.2, 0.25) is 5.95 Å². The van der Waals surface area contributed by atoms with E-state index in [0.717, 1.165) is 28.5 Å². The van der Waals surface area contributed by atoms with E-state index < -0.39 is 6.36 Å². The summed E-state index contributed by atoms with van der Waals surface area (Å²) >= 11 is 6.10. The highest BCUT2D eigenvalue weighted by atomic mass is 35.5. The van der Waals surface area contributed by atoms with Crippen LogP contribution in [-0.4, -0.2) is 20.9 Å². The standard InChI is InChI=1S/C19H16ClF3N4O/c1-2-7-27-17-6-4-12(28-19(21,22)23)9-15(17)25-18(27)26-16-10-24-14-5-3-11(20)8-13(14)16/h3-6,8-10,24H,2,7H2,1H3,(H,25,26). The van der Waals surface area contributed by atoms with Crippen molar-refractivity contribution < 1.29 is 17.9 Å².